The Hall–Kier alpha value is -4.66. The number of benzene rings is 2. The van der Waals surface area contributed by atoms with Crippen LogP contribution in [0.2, 0.25) is 0 Å². The number of aromatic nitrogens is 5. The van der Waals surface area contributed by atoms with Crippen molar-refractivity contribution in [3.63, 3.8) is 0 Å². The molecule has 0 radical (unpaired) electrons. The number of carbonyl (C=O) groups is 1. The molecule has 2 aromatic carbocycles. The van der Waals surface area contributed by atoms with Gasteiger partial charge in [0, 0.05) is 48.7 Å². The molecular formula is C27H25N7O2. The van der Waals surface area contributed by atoms with Crippen molar-refractivity contribution in [3.8, 4) is 17.0 Å². The van der Waals surface area contributed by atoms with Crippen molar-refractivity contribution in [2.75, 3.05) is 10.2 Å². The highest BCUT2D eigenvalue weighted by atomic mass is 16.5. The minimum Gasteiger partial charge on any atom is -0.491 e. The summed E-state index contributed by atoms with van der Waals surface area (Å²) >= 11 is 0. The molecule has 0 aliphatic carbocycles. The molecule has 5 aromatic rings. The van der Waals surface area contributed by atoms with Crippen molar-refractivity contribution in [1.82, 2.24) is 24.8 Å². The molecular weight excluding hydrogens is 454 g/mol. The van der Waals surface area contributed by atoms with Crippen LogP contribution in [-0.2, 0) is 13.1 Å². The molecule has 0 atom stereocenters. The Bertz CT molecular complexity index is 1530. The molecule has 0 saturated heterocycles. The van der Waals surface area contributed by atoms with Crippen molar-refractivity contribution >= 4 is 23.1 Å². The van der Waals surface area contributed by atoms with E-state index in [1.165, 1.54) is 11.1 Å². The zero-order valence-corrected chi connectivity index (χ0v) is 20.0. The number of anilines is 2. The Morgan fingerprint density at radius 3 is 2.58 bits per heavy atom. The predicted molar refractivity (Wildman–Crippen MR) is 137 cm³/mol. The first-order valence-corrected chi connectivity index (χ1v) is 11.8. The van der Waals surface area contributed by atoms with E-state index in [0.29, 0.717) is 17.1 Å². The first kappa shape index (κ1) is 21.8. The lowest BCUT2D eigenvalue weighted by Gasteiger charge is -2.17. The molecule has 0 unspecified atom stereocenters. The van der Waals surface area contributed by atoms with Crippen LogP contribution in [0.5, 0.6) is 5.75 Å². The van der Waals surface area contributed by atoms with Crippen molar-refractivity contribution in [2.45, 2.75) is 33.0 Å². The highest BCUT2D eigenvalue weighted by Gasteiger charge is 2.23. The molecule has 9 nitrogen and oxygen atoms in total. The summed E-state index contributed by atoms with van der Waals surface area (Å²) in [4.78, 5) is 20.2. The number of nitrogens with zero attached hydrogens (tertiary/aromatic N) is 5. The van der Waals surface area contributed by atoms with Crippen LogP contribution in [0.3, 0.4) is 0 Å². The van der Waals surface area contributed by atoms with Gasteiger partial charge in [-0.3, -0.25) is 9.89 Å². The Balaban J connectivity index is 1.34. The van der Waals surface area contributed by atoms with Gasteiger partial charge in [0.1, 0.15) is 11.6 Å². The second-order valence-corrected chi connectivity index (χ2v) is 9.06. The van der Waals surface area contributed by atoms with Crippen LogP contribution >= 0.6 is 0 Å². The average molecular weight is 480 g/mol. The van der Waals surface area contributed by atoms with Crippen molar-refractivity contribution in [2.24, 2.45) is 0 Å². The van der Waals surface area contributed by atoms with Gasteiger partial charge in [0.05, 0.1) is 18.0 Å². The molecule has 0 saturated carbocycles. The number of hydrogen-bond donors (Lipinski definition) is 2. The number of ether oxygens (including phenoxy) is 1. The summed E-state index contributed by atoms with van der Waals surface area (Å²) in [5.41, 5.74) is 5.72. The molecule has 2 N–H and O–H groups in total. The zero-order valence-electron chi connectivity index (χ0n) is 20.0. The van der Waals surface area contributed by atoms with Gasteiger partial charge in [0.25, 0.3) is 5.91 Å². The predicted octanol–water partition coefficient (Wildman–Crippen LogP) is 4.68. The molecule has 1 amide bonds. The van der Waals surface area contributed by atoms with Gasteiger partial charge in [-0.1, -0.05) is 30.3 Å². The van der Waals surface area contributed by atoms with Crippen LogP contribution in [0.15, 0.2) is 73.1 Å². The number of fused-ring (bicyclic) bond motifs is 2. The molecule has 1 aliphatic heterocycles. The lowest BCUT2D eigenvalue weighted by molar-refractivity contribution is 0.102. The number of rotatable bonds is 6. The summed E-state index contributed by atoms with van der Waals surface area (Å²) in [5, 5.41) is 14.5. The van der Waals surface area contributed by atoms with Crippen LogP contribution in [0.1, 0.15) is 35.5 Å². The molecule has 3 aromatic heterocycles. The van der Waals surface area contributed by atoms with Gasteiger partial charge < -0.3 is 15.0 Å². The smallest absolute Gasteiger partial charge is 0.276 e. The van der Waals surface area contributed by atoms with Crippen LogP contribution in [0.25, 0.3) is 16.9 Å². The van der Waals surface area contributed by atoms with E-state index in [4.69, 9.17) is 9.72 Å². The Morgan fingerprint density at radius 1 is 1.06 bits per heavy atom. The fraction of sp³-hybridized carbons (Fsp3) is 0.185. The quantitative estimate of drug-likeness (QED) is 0.367. The summed E-state index contributed by atoms with van der Waals surface area (Å²) in [6.07, 6.45) is 3.58. The van der Waals surface area contributed by atoms with Crippen LogP contribution in [0, 0.1) is 0 Å². The standard InChI is InChI=1S/C27H25N7O2/c1-17(2)36-22-9-5-8-21(10-22)30-27(35)23-11-26-31-25(33-15-18-6-3-4-7-19(18)16-33)12-24(34(26)32-23)20-13-28-29-14-20/h3-14,17H,15-16H2,1-2H3,(H,28,29)(H,30,35). The molecule has 1 aliphatic rings. The molecule has 4 heterocycles. The van der Waals surface area contributed by atoms with E-state index in [9.17, 15) is 4.79 Å². The zero-order chi connectivity index (χ0) is 24.6. The molecule has 6 rings (SSSR count). The molecule has 0 fully saturated rings. The van der Waals surface area contributed by atoms with E-state index in [0.717, 1.165) is 30.2 Å². The van der Waals surface area contributed by atoms with E-state index >= 15 is 0 Å². The summed E-state index contributed by atoms with van der Waals surface area (Å²) in [6, 6.07) is 19.4. The monoisotopic (exact) mass is 479 g/mol. The minimum absolute atomic E-state index is 0.0411. The van der Waals surface area contributed by atoms with E-state index in [1.807, 2.05) is 38.1 Å². The minimum atomic E-state index is -0.324. The lowest BCUT2D eigenvalue weighted by Crippen LogP contribution is -2.17. The maximum Gasteiger partial charge on any atom is 0.276 e. The second-order valence-electron chi connectivity index (χ2n) is 9.06. The van der Waals surface area contributed by atoms with Gasteiger partial charge in [-0.25, -0.2) is 9.50 Å². The largest absolute Gasteiger partial charge is 0.491 e. The number of carbonyl (C=O) groups excluding carboxylic acids is 1. The average Bonchev–Trinajstić information content (AvgIpc) is 3.62. The number of aromatic amines is 1. The van der Waals surface area contributed by atoms with E-state index in [2.05, 4.69) is 49.8 Å². The lowest BCUT2D eigenvalue weighted by atomic mass is 10.1. The Labute approximate surface area is 207 Å². The Morgan fingerprint density at radius 2 is 1.86 bits per heavy atom. The first-order valence-electron chi connectivity index (χ1n) is 11.8. The number of H-pyrrole nitrogens is 1. The topological polar surface area (TPSA) is 100 Å². The van der Waals surface area contributed by atoms with E-state index in [1.54, 1.807) is 29.0 Å². The van der Waals surface area contributed by atoms with Crippen LogP contribution < -0.4 is 15.0 Å². The van der Waals surface area contributed by atoms with Crippen LogP contribution in [0.4, 0.5) is 11.5 Å². The third kappa shape index (κ3) is 4.15. The number of hydrogen-bond acceptors (Lipinski definition) is 6. The third-order valence-corrected chi connectivity index (χ3v) is 6.07. The summed E-state index contributed by atoms with van der Waals surface area (Å²) in [5.74, 6) is 1.19. The SMILES string of the molecule is CC(C)Oc1cccc(NC(=O)c2cc3nc(N4Cc5ccccc5C4)cc(-c4cn[nH]c4)n3n2)c1. The summed E-state index contributed by atoms with van der Waals surface area (Å²) < 4.78 is 7.42. The maximum absolute atomic E-state index is 13.1. The van der Waals surface area contributed by atoms with E-state index < -0.39 is 0 Å². The first-order chi connectivity index (χ1) is 17.5. The molecule has 0 spiro atoms. The normalized spacial score (nSPS) is 12.8. The highest BCUT2D eigenvalue weighted by molar-refractivity contribution is 6.03. The maximum atomic E-state index is 13.1. The van der Waals surface area contributed by atoms with Gasteiger partial charge in [0.15, 0.2) is 11.3 Å². The summed E-state index contributed by atoms with van der Waals surface area (Å²) in [7, 11) is 0. The molecule has 36 heavy (non-hydrogen) atoms. The summed E-state index contributed by atoms with van der Waals surface area (Å²) in [6.45, 7) is 5.48. The third-order valence-electron chi connectivity index (χ3n) is 6.07. The number of nitrogens with one attached hydrogen (secondary N) is 2. The van der Waals surface area contributed by atoms with Gasteiger partial charge in [-0.05, 0) is 37.1 Å². The fourth-order valence-corrected chi connectivity index (χ4v) is 4.44. The second kappa shape index (κ2) is 8.84. The van der Waals surface area contributed by atoms with Gasteiger partial charge in [0.2, 0.25) is 0 Å². The van der Waals surface area contributed by atoms with E-state index in [-0.39, 0.29) is 17.7 Å². The molecule has 9 heteroatoms. The van der Waals surface area contributed by atoms with Crippen molar-refractivity contribution in [1.29, 1.82) is 0 Å². The van der Waals surface area contributed by atoms with Gasteiger partial charge in [-0.15, -0.1) is 0 Å². The van der Waals surface area contributed by atoms with Crippen molar-refractivity contribution in [3.05, 3.63) is 89.9 Å². The molecule has 0 bridgehead atoms. The highest BCUT2D eigenvalue weighted by Crippen LogP contribution is 2.31. The van der Waals surface area contributed by atoms with Crippen molar-refractivity contribution < 1.29 is 9.53 Å². The fourth-order valence-electron chi connectivity index (χ4n) is 4.44. The Kier molecular flexibility index (Phi) is 5.37. The number of amides is 1. The van der Waals surface area contributed by atoms with Gasteiger partial charge in [-0.2, -0.15) is 10.2 Å². The van der Waals surface area contributed by atoms with Gasteiger partial charge >= 0.3 is 0 Å². The van der Waals surface area contributed by atoms with Crippen LogP contribution in [-0.4, -0.2) is 36.8 Å². The molecule has 180 valence electrons.